The van der Waals surface area contributed by atoms with Gasteiger partial charge in [-0.25, -0.2) is 12.7 Å². The van der Waals surface area contributed by atoms with Crippen LogP contribution in [0, 0.1) is 0 Å². The Morgan fingerprint density at radius 2 is 2.32 bits per heavy atom. The summed E-state index contributed by atoms with van der Waals surface area (Å²) in [6, 6.07) is 0.953. The monoisotopic (exact) mass is 280 g/mol. The van der Waals surface area contributed by atoms with Gasteiger partial charge in [0.15, 0.2) is 0 Å². The van der Waals surface area contributed by atoms with Gasteiger partial charge in [0.2, 0.25) is 0 Å². The molecule has 0 fully saturated rings. The molecule has 0 spiro atoms. The van der Waals surface area contributed by atoms with E-state index < -0.39 is 16.1 Å². The van der Waals surface area contributed by atoms with Gasteiger partial charge < -0.3 is 10.2 Å². The zero-order chi connectivity index (χ0) is 13.6. The molecule has 3 rings (SSSR count). The molecule has 7 nitrogen and oxygen atoms in total. The number of nitrogens with two attached hydrogens (primary N) is 1. The van der Waals surface area contributed by atoms with Crippen molar-refractivity contribution >= 4 is 21.8 Å². The van der Waals surface area contributed by atoms with Crippen molar-refractivity contribution in [1.82, 2.24) is 10.2 Å². The normalized spacial score (nSPS) is 18.8. The number of aromatic amines is 1. The first-order valence-corrected chi connectivity index (χ1v) is 7.04. The van der Waals surface area contributed by atoms with Gasteiger partial charge in [-0.1, -0.05) is 0 Å². The van der Waals surface area contributed by atoms with Crippen molar-refractivity contribution in [3.63, 3.8) is 0 Å². The van der Waals surface area contributed by atoms with Crippen molar-refractivity contribution in [1.29, 1.82) is 0 Å². The Labute approximate surface area is 109 Å². The molecule has 1 aliphatic heterocycles. The van der Waals surface area contributed by atoms with E-state index in [2.05, 4.69) is 10.2 Å². The maximum absolute atomic E-state index is 12.6. The Morgan fingerprint density at radius 3 is 2.95 bits per heavy atom. The number of nitrogens with one attached hydrogen (secondary N) is 1. The second kappa shape index (κ2) is 3.97. The summed E-state index contributed by atoms with van der Waals surface area (Å²) >= 11 is 0. The van der Waals surface area contributed by atoms with Gasteiger partial charge in [0.25, 0.3) is 10.0 Å². The van der Waals surface area contributed by atoms with E-state index in [1.165, 1.54) is 29.0 Å². The zero-order valence-corrected chi connectivity index (χ0v) is 10.9. The average Bonchev–Trinajstić information content (AvgIpc) is 2.96. The summed E-state index contributed by atoms with van der Waals surface area (Å²) in [5.41, 5.74) is 6.71. The van der Waals surface area contributed by atoms with Gasteiger partial charge in [0, 0.05) is 18.3 Å². The largest absolute Gasteiger partial charge is 0.463 e. The molecule has 0 aromatic carbocycles. The Bertz CT molecular complexity index is 728. The van der Waals surface area contributed by atoms with Crippen molar-refractivity contribution < 1.29 is 12.8 Å². The highest BCUT2D eigenvalue weighted by Gasteiger charge is 2.37. The molecule has 0 bridgehead atoms. The molecule has 100 valence electrons. The Morgan fingerprint density at radius 1 is 1.53 bits per heavy atom. The van der Waals surface area contributed by atoms with Crippen LogP contribution < -0.4 is 10.0 Å². The van der Waals surface area contributed by atoms with E-state index >= 15 is 0 Å². The molecule has 1 atom stereocenters. The fourth-order valence-corrected chi connectivity index (χ4v) is 3.68. The van der Waals surface area contributed by atoms with E-state index in [4.69, 9.17) is 10.2 Å². The average molecular weight is 280 g/mol. The lowest BCUT2D eigenvalue weighted by atomic mass is 10.2. The van der Waals surface area contributed by atoms with Gasteiger partial charge in [-0.05, 0) is 13.0 Å². The van der Waals surface area contributed by atoms with Crippen LogP contribution in [0.4, 0.5) is 5.69 Å². The second-order valence-electron chi connectivity index (χ2n) is 4.23. The highest BCUT2D eigenvalue weighted by atomic mass is 32.2. The van der Waals surface area contributed by atoms with Gasteiger partial charge in [-0.15, -0.1) is 0 Å². The fraction of sp³-hybridized carbons (Fsp3) is 0.182. The standard InChI is InChI=1S/C11H12N4O3S/c1-7(12)9-4-10-11(2-3-18-10)19(16,17)15(9)8-5-13-14-6-8/h2-7H,12H2,1H3,(H,13,14)/t7-/m0/s1. The number of aromatic nitrogens is 2. The number of hydrogen-bond donors (Lipinski definition) is 2. The lowest BCUT2D eigenvalue weighted by Gasteiger charge is -2.30. The molecule has 2 aromatic heterocycles. The van der Waals surface area contributed by atoms with Gasteiger partial charge in [-0.3, -0.25) is 5.10 Å². The van der Waals surface area contributed by atoms with E-state index in [9.17, 15) is 8.42 Å². The molecule has 8 heteroatoms. The molecule has 19 heavy (non-hydrogen) atoms. The van der Waals surface area contributed by atoms with Crippen LogP contribution in [0.25, 0.3) is 6.08 Å². The minimum atomic E-state index is -3.73. The van der Waals surface area contributed by atoms with Crippen molar-refractivity contribution in [2.45, 2.75) is 17.9 Å². The molecule has 0 saturated heterocycles. The maximum atomic E-state index is 12.6. The third kappa shape index (κ3) is 1.68. The minimum Gasteiger partial charge on any atom is -0.463 e. The fourth-order valence-electron chi connectivity index (χ4n) is 2.02. The number of furan rings is 1. The lowest BCUT2D eigenvalue weighted by Crippen LogP contribution is -2.39. The molecule has 0 aliphatic carbocycles. The molecule has 2 aromatic rings. The lowest BCUT2D eigenvalue weighted by molar-refractivity contribution is 0.541. The van der Waals surface area contributed by atoms with Gasteiger partial charge in [0.1, 0.15) is 10.7 Å². The van der Waals surface area contributed by atoms with Gasteiger partial charge in [0.05, 0.1) is 23.8 Å². The third-order valence-electron chi connectivity index (χ3n) is 2.87. The third-order valence-corrected chi connectivity index (χ3v) is 4.67. The van der Waals surface area contributed by atoms with Crippen LogP contribution in [0.3, 0.4) is 0 Å². The van der Waals surface area contributed by atoms with Crippen LogP contribution in [-0.4, -0.2) is 24.7 Å². The quantitative estimate of drug-likeness (QED) is 0.850. The first kappa shape index (κ1) is 12.0. The first-order chi connectivity index (χ1) is 9.01. The number of nitrogens with zero attached hydrogens (tertiary/aromatic N) is 2. The summed E-state index contributed by atoms with van der Waals surface area (Å²) in [5, 5.41) is 6.37. The SMILES string of the molecule is C[C@H](N)C1=Cc2occc2S(=O)(=O)N1c1cn[nH]c1. The van der Waals surface area contributed by atoms with E-state index in [0.29, 0.717) is 17.1 Å². The van der Waals surface area contributed by atoms with Crippen LogP contribution >= 0.6 is 0 Å². The summed E-state index contributed by atoms with van der Waals surface area (Å²) < 4.78 is 31.6. The number of sulfonamides is 1. The molecule has 0 amide bonds. The molecular weight excluding hydrogens is 268 g/mol. The maximum Gasteiger partial charge on any atom is 0.272 e. The zero-order valence-electron chi connectivity index (χ0n) is 10.1. The van der Waals surface area contributed by atoms with E-state index in [0.717, 1.165) is 0 Å². The summed E-state index contributed by atoms with van der Waals surface area (Å²) in [6.07, 6.45) is 5.90. The molecular formula is C11H12N4O3S. The predicted molar refractivity (Wildman–Crippen MR) is 68.6 cm³/mol. The number of H-pyrrole nitrogens is 1. The van der Waals surface area contributed by atoms with Gasteiger partial charge >= 0.3 is 0 Å². The second-order valence-corrected chi connectivity index (χ2v) is 5.99. The molecule has 3 N–H and O–H groups in total. The Balaban J connectivity index is 2.27. The summed E-state index contributed by atoms with van der Waals surface area (Å²) in [5.74, 6) is 0.298. The number of rotatable bonds is 2. The Kier molecular flexibility index (Phi) is 2.51. The first-order valence-electron chi connectivity index (χ1n) is 5.60. The van der Waals surface area contributed by atoms with Crippen molar-refractivity contribution in [3.8, 4) is 0 Å². The number of anilines is 1. The minimum absolute atomic E-state index is 0.123. The molecule has 0 unspecified atom stereocenters. The highest BCUT2D eigenvalue weighted by molar-refractivity contribution is 7.93. The molecule has 1 aliphatic rings. The molecule has 3 heterocycles. The predicted octanol–water partition coefficient (Wildman–Crippen LogP) is 0.900. The highest BCUT2D eigenvalue weighted by Crippen LogP contribution is 2.36. The van der Waals surface area contributed by atoms with Crippen molar-refractivity contribution in [3.05, 3.63) is 36.2 Å². The molecule has 0 radical (unpaired) electrons. The summed E-state index contributed by atoms with van der Waals surface area (Å²) in [7, 11) is -3.73. The Hall–Kier alpha value is -2.06. The van der Waals surface area contributed by atoms with E-state index in [1.54, 1.807) is 13.0 Å². The smallest absolute Gasteiger partial charge is 0.272 e. The van der Waals surface area contributed by atoms with Crippen molar-refractivity contribution in [2.24, 2.45) is 5.73 Å². The van der Waals surface area contributed by atoms with Crippen LogP contribution in [0.5, 0.6) is 0 Å². The van der Waals surface area contributed by atoms with E-state index in [-0.39, 0.29) is 4.90 Å². The number of fused-ring (bicyclic) bond motifs is 1. The van der Waals surface area contributed by atoms with Gasteiger partial charge in [-0.2, -0.15) is 5.10 Å². The van der Waals surface area contributed by atoms with Crippen LogP contribution in [0.15, 0.2) is 39.7 Å². The summed E-state index contributed by atoms with van der Waals surface area (Å²) in [4.78, 5) is 0.123. The van der Waals surface area contributed by atoms with Crippen LogP contribution in [0.2, 0.25) is 0 Å². The topological polar surface area (TPSA) is 105 Å². The van der Waals surface area contributed by atoms with E-state index in [1.807, 2.05) is 0 Å². The number of hydrogen-bond acceptors (Lipinski definition) is 5. The van der Waals surface area contributed by atoms with Crippen molar-refractivity contribution in [2.75, 3.05) is 4.31 Å². The van der Waals surface area contributed by atoms with Crippen LogP contribution in [-0.2, 0) is 10.0 Å². The summed E-state index contributed by atoms with van der Waals surface area (Å²) in [6.45, 7) is 1.71. The molecule has 0 saturated carbocycles. The van der Waals surface area contributed by atoms with Crippen LogP contribution in [0.1, 0.15) is 12.7 Å².